The van der Waals surface area contributed by atoms with Gasteiger partial charge in [-0.15, -0.1) is 0 Å². The first-order chi connectivity index (χ1) is 14.5. The molecule has 0 atom stereocenters. The summed E-state index contributed by atoms with van der Waals surface area (Å²) in [6, 6.07) is 4.93. The number of ether oxygens (including phenoxy) is 2. The summed E-state index contributed by atoms with van der Waals surface area (Å²) in [5, 5.41) is 3.55. The first kappa shape index (κ1) is 23.1. The van der Waals surface area contributed by atoms with Crippen molar-refractivity contribution < 1.29 is 23.5 Å². The zero-order chi connectivity index (χ0) is 22.8. The first-order valence-electron chi connectivity index (χ1n) is 10.4. The van der Waals surface area contributed by atoms with E-state index in [0.29, 0.717) is 47.6 Å². The Morgan fingerprint density at radius 3 is 2.52 bits per heavy atom. The standard InChI is InChI=1S/C23H28ClNO6/c1-13-17-10-9-16(11-18(17)30-21(27)19(13)24)29-20(26)15-7-5-14(6-8-15)12-25-22(28)31-23(2,3)4/h9-11,14-15H,5-8,12H2,1-4H3,(H,25,28). The number of benzene rings is 1. The summed E-state index contributed by atoms with van der Waals surface area (Å²) in [4.78, 5) is 36.2. The van der Waals surface area contributed by atoms with Crippen molar-refractivity contribution in [1.82, 2.24) is 5.32 Å². The number of alkyl carbamates (subject to hydrolysis) is 1. The fourth-order valence-electron chi connectivity index (χ4n) is 3.72. The summed E-state index contributed by atoms with van der Waals surface area (Å²) in [6.07, 6.45) is 2.60. The maximum absolute atomic E-state index is 12.6. The van der Waals surface area contributed by atoms with Gasteiger partial charge in [-0.05, 0) is 77.0 Å². The Morgan fingerprint density at radius 2 is 1.87 bits per heavy atom. The summed E-state index contributed by atoms with van der Waals surface area (Å²) < 4.78 is 16.0. The SMILES string of the molecule is Cc1c(Cl)c(=O)oc2cc(OC(=O)C3CCC(CNC(=O)OC(C)(C)C)CC3)ccc12. The Bertz CT molecular complexity index is 1030. The van der Waals surface area contributed by atoms with Crippen molar-refractivity contribution in [2.75, 3.05) is 6.54 Å². The molecule has 8 heteroatoms. The van der Waals surface area contributed by atoms with Gasteiger partial charge in [0.15, 0.2) is 0 Å². The van der Waals surface area contributed by atoms with Crippen LogP contribution in [0.4, 0.5) is 4.79 Å². The van der Waals surface area contributed by atoms with E-state index in [1.807, 2.05) is 20.8 Å². The predicted molar refractivity (Wildman–Crippen MR) is 118 cm³/mol. The van der Waals surface area contributed by atoms with Crippen LogP contribution in [0.25, 0.3) is 11.0 Å². The van der Waals surface area contributed by atoms with E-state index >= 15 is 0 Å². The molecule has 1 N–H and O–H groups in total. The number of aryl methyl sites for hydroxylation is 1. The number of amides is 1. The molecule has 0 bridgehead atoms. The van der Waals surface area contributed by atoms with Crippen LogP contribution >= 0.6 is 11.6 Å². The van der Waals surface area contributed by atoms with E-state index in [1.165, 1.54) is 6.07 Å². The van der Waals surface area contributed by atoms with E-state index in [1.54, 1.807) is 19.1 Å². The average molecular weight is 450 g/mol. The summed E-state index contributed by atoms with van der Waals surface area (Å²) in [5.74, 6) is 0.133. The molecule has 168 valence electrons. The van der Waals surface area contributed by atoms with E-state index < -0.39 is 17.3 Å². The van der Waals surface area contributed by atoms with Crippen LogP contribution in [0.15, 0.2) is 27.4 Å². The lowest BCUT2D eigenvalue weighted by Crippen LogP contribution is -2.36. The average Bonchev–Trinajstić information content (AvgIpc) is 2.69. The van der Waals surface area contributed by atoms with Crippen LogP contribution < -0.4 is 15.7 Å². The van der Waals surface area contributed by atoms with E-state index in [9.17, 15) is 14.4 Å². The maximum atomic E-state index is 12.6. The molecule has 0 spiro atoms. The number of halogens is 1. The van der Waals surface area contributed by atoms with Crippen LogP contribution in [-0.4, -0.2) is 24.2 Å². The maximum Gasteiger partial charge on any atom is 0.407 e. The fourth-order valence-corrected chi connectivity index (χ4v) is 3.86. The van der Waals surface area contributed by atoms with Crippen molar-refractivity contribution in [2.24, 2.45) is 11.8 Å². The van der Waals surface area contributed by atoms with Crippen LogP contribution in [0.5, 0.6) is 5.75 Å². The Labute approximate surface area is 186 Å². The normalized spacial score (nSPS) is 19.1. The third-order valence-electron chi connectivity index (χ3n) is 5.40. The minimum absolute atomic E-state index is 0.0511. The molecule has 31 heavy (non-hydrogen) atoms. The second-order valence-corrected chi connectivity index (χ2v) is 9.39. The minimum atomic E-state index is -0.617. The molecule has 1 amide bonds. The van der Waals surface area contributed by atoms with Crippen molar-refractivity contribution in [2.45, 2.75) is 59.0 Å². The van der Waals surface area contributed by atoms with Gasteiger partial charge in [-0.2, -0.15) is 0 Å². The largest absolute Gasteiger partial charge is 0.444 e. The van der Waals surface area contributed by atoms with Gasteiger partial charge >= 0.3 is 17.7 Å². The summed E-state index contributed by atoms with van der Waals surface area (Å²) in [7, 11) is 0. The number of nitrogens with one attached hydrogen (secondary N) is 1. The smallest absolute Gasteiger partial charge is 0.407 e. The Hall–Kier alpha value is -2.54. The van der Waals surface area contributed by atoms with Crippen molar-refractivity contribution in [1.29, 1.82) is 0 Å². The molecule has 1 aliphatic rings. The first-order valence-corrected chi connectivity index (χ1v) is 10.8. The van der Waals surface area contributed by atoms with Crippen molar-refractivity contribution in [3.05, 3.63) is 39.2 Å². The molecule has 0 radical (unpaired) electrons. The molecule has 3 rings (SSSR count). The number of fused-ring (bicyclic) bond motifs is 1. The second-order valence-electron chi connectivity index (χ2n) is 9.01. The van der Waals surface area contributed by atoms with Gasteiger partial charge < -0.3 is 19.2 Å². The van der Waals surface area contributed by atoms with Gasteiger partial charge in [-0.1, -0.05) is 11.6 Å². The van der Waals surface area contributed by atoms with E-state index in [-0.39, 0.29) is 16.9 Å². The highest BCUT2D eigenvalue weighted by Gasteiger charge is 2.28. The van der Waals surface area contributed by atoms with Gasteiger partial charge in [0.2, 0.25) is 0 Å². The number of carbonyl (C=O) groups excluding carboxylic acids is 2. The number of esters is 1. The molecule has 7 nitrogen and oxygen atoms in total. The lowest BCUT2D eigenvalue weighted by atomic mass is 9.82. The van der Waals surface area contributed by atoms with Crippen LogP contribution in [0.3, 0.4) is 0 Å². The van der Waals surface area contributed by atoms with Crippen LogP contribution in [0.2, 0.25) is 5.02 Å². The molecule has 1 heterocycles. The van der Waals surface area contributed by atoms with Gasteiger partial charge in [0.05, 0.1) is 5.92 Å². The third kappa shape index (κ3) is 6.00. The quantitative estimate of drug-likeness (QED) is 0.401. The van der Waals surface area contributed by atoms with E-state index in [4.69, 9.17) is 25.5 Å². The summed E-state index contributed by atoms with van der Waals surface area (Å²) in [5.41, 5.74) is -0.187. The molecule has 1 aromatic heterocycles. The van der Waals surface area contributed by atoms with Crippen LogP contribution in [0.1, 0.15) is 52.0 Å². The zero-order valence-corrected chi connectivity index (χ0v) is 19.0. The molecule has 1 fully saturated rings. The van der Waals surface area contributed by atoms with Gasteiger partial charge in [0.25, 0.3) is 0 Å². The number of carbonyl (C=O) groups is 2. The van der Waals surface area contributed by atoms with E-state index in [2.05, 4.69) is 5.32 Å². The number of hydrogen-bond acceptors (Lipinski definition) is 6. The number of rotatable bonds is 4. The highest BCUT2D eigenvalue weighted by atomic mass is 35.5. The molecular weight excluding hydrogens is 422 g/mol. The summed E-state index contributed by atoms with van der Waals surface area (Å²) in [6.45, 7) is 7.74. The molecule has 0 aliphatic heterocycles. The molecular formula is C23H28ClNO6. The van der Waals surface area contributed by atoms with Crippen LogP contribution in [-0.2, 0) is 9.53 Å². The highest BCUT2D eigenvalue weighted by molar-refractivity contribution is 6.31. The lowest BCUT2D eigenvalue weighted by molar-refractivity contribution is -0.140. The van der Waals surface area contributed by atoms with Gasteiger partial charge in [-0.3, -0.25) is 4.79 Å². The second kappa shape index (κ2) is 9.30. The fraction of sp³-hybridized carbons (Fsp3) is 0.522. The molecule has 2 aromatic rings. The molecule has 0 saturated heterocycles. The number of hydrogen-bond donors (Lipinski definition) is 1. The molecule has 0 unspecified atom stereocenters. The Balaban J connectivity index is 1.53. The highest BCUT2D eigenvalue weighted by Crippen LogP contribution is 2.31. The molecule has 1 aliphatic carbocycles. The zero-order valence-electron chi connectivity index (χ0n) is 18.2. The van der Waals surface area contributed by atoms with Gasteiger partial charge in [-0.25, -0.2) is 9.59 Å². The lowest BCUT2D eigenvalue weighted by Gasteiger charge is -2.28. The van der Waals surface area contributed by atoms with Crippen molar-refractivity contribution in [3.8, 4) is 5.75 Å². The molecule has 1 aromatic carbocycles. The van der Waals surface area contributed by atoms with Crippen molar-refractivity contribution in [3.63, 3.8) is 0 Å². The van der Waals surface area contributed by atoms with E-state index in [0.717, 1.165) is 12.8 Å². The predicted octanol–water partition coefficient (Wildman–Crippen LogP) is 4.99. The van der Waals surface area contributed by atoms with Crippen molar-refractivity contribution >= 4 is 34.6 Å². The molecule has 1 saturated carbocycles. The topological polar surface area (TPSA) is 94.8 Å². The van der Waals surface area contributed by atoms with Gasteiger partial charge in [0, 0.05) is 18.0 Å². The minimum Gasteiger partial charge on any atom is -0.444 e. The monoisotopic (exact) mass is 449 g/mol. The Morgan fingerprint density at radius 1 is 1.19 bits per heavy atom. The third-order valence-corrected chi connectivity index (χ3v) is 5.84. The Kier molecular flexibility index (Phi) is 6.94. The summed E-state index contributed by atoms with van der Waals surface area (Å²) >= 11 is 5.94. The van der Waals surface area contributed by atoms with Crippen LogP contribution in [0, 0.1) is 18.8 Å². The van der Waals surface area contributed by atoms with Gasteiger partial charge in [0.1, 0.15) is 22.0 Å².